The first-order chi connectivity index (χ1) is 6.95. The lowest BCUT2D eigenvalue weighted by Gasteiger charge is -2.09. The van der Waals surface area contributed by atoms with Crippen molar-refractivity contribution in [1.29, 1.82) is 0 Å². The quantitative estimate of drug-likeness (QED) is 0.434. The fraction of sp³-hybridized carbons (Fsp3) is 0.750. The molecule has 0 heterocycles. The molecule has 7 heteroatoms. The summed E-state index contributed by atoms with van der Waals surface area (Å²) in [7, 11) is -2.87. The normalized spacial score (nSPS) is 7.87. The Bertz CT molecular complexity index is 157. The van der Waals surface area contributed by atoms with Gasteiger partial charge in [-0.3, -0.25) is 0 Å². The number of hydrogen-bond acceptors (Lipinski definition) is 4. The molecule has 0 bridgehead atoms. The smallest absolute Gasteiger partial charge is 0.353 e. The van der Waals surface area contributed by atoms with E-state index in [0.717, 1.165) is 13.2 Å². The second-order valence-electron chi connectivity index (χ2n) is 1.88. The van der Waals surface area contributed by atoms with E-state index in [1.165, 1.54) is 5.94 Å². The SMILES string of the molecule is C=C=O.CCOC(C)OCC.O=[P+](O)O. The third kappa shape index (κ3) is 59.8. The monoisotopic (exact) mass is 241 g/mol. The van der Waals surface area contributed by atoms with Crippen LogP contribution in [0.25, 0.3) is 0 Å². The molecular weight excluding hydrogens is 223 g/mol. The Morgan fingerprint density at radius 1 is 1.33 bits per heavy atom. The van der Waals surface area contributed by atoms with Gasteiger partial charge in [0.15, 0.2) is 6.29 Å². The van der Waals surface area contributed by atoms with Crippen LogP contribution in [0.1, 0.15) is 20.8 Å². The minimum atomic E-state index is -2.87. The summed E-state index contributed by atoms with van der Waals surface area (Å²) >= 11 is 0. The number of ether oxygens (including phenoxy) is 2. The second kappa shape index (κ2) is 19.0. The van der Waals surface area contributed by atoms with Gasteiger partial charge in [0, 0.05) is 17.8 Å². The van der Waals surface area contributed by atoms with Crippen LogP contribution in [0.2, 0.25) is 0 Å². The predicted octanol–water partition coefficient (Wildman–Crippen LogP) is 1.04. The van der Waals surface area contributed by atoms with Crippen molar-refractivity contribution in [2.24, 2.45) is 0 Å². The van der Waals surface area contributed by atoms with Gasteiger partial charge in [0.1, 0.15) is 5.94 Å². The van der Waals surface area contributed by atoms with Crippen molar-refractivity contribution >= 4 is 14.2 Å². The van der Waals surface area contributed by atoms with Gasteiger partial charge in [-0.2, -0.15) is 0 Å². The molecule has 0 fully saturated rings. The highest BCUT2D eigenvalue weighted by Crippen LogP contribution is 1.98. The first-order valence-corrected chi connectivity index (χ1v) is 5.35. The number of carbonyl (C=O) groups excluding carboxylic acids is 1. The van der Waals surface area contributed by atoms with Crippen LogP contribution >= 0.6 is 8.25 Å². The Kier molecular flexibility index (Phi) is 25.2. The molecule has 0 aromatic carbocycles. The summed E-state index contributed by atoms with van der Waals surface area (Å²) in [6, 6.07) is 0. The van der Waals surface area contributed by atoms with Crippen LogP contribution in [0.3, 0.4) is 0 Å². The highest BCUT2D eigenvalue weighted by atomic mass is 31.1. The van der Waals surface area contributed by atoms with Gasteiger partial charge in [-0.25, -0.2) is 4.79 Å². The van der Waals surface area contributed by atoms with Gasteiger partial charge in [0.05, 0.1) is 0 Å². The van der Waals surface area contributed by atoms with Crippen molar-refractivity contribution in [1.82, 2.24) is 0 Å². The van der Waals surface area contributed by atoms with E-state index < -0.39 is 8.25 Å². The van der Waals surface area contributed by atoms with E-state index in [9.17, 15) is 0 Å². The Hall–Kier alpha value is -0.610. The Morgan fingerprint density at radius 2 is 1.53 bits per heavy atom. The maximum absolute atomic E-state index is 8.70. The van der Waals surface area contributed by atoms with Crippen molar-refractivity contribution < 1.29 is 28.6 Å². The van der Waals surface area contributed by atoms with Crippen LogP contribution in [0.4, 0.5) is 0 Å². The summed E-state index contributed by atoms with van der Waals surface area (Å²) in [5.74, 6) is 1.25. The lowest BCUT2D eigenvalue weighted by Crippen LogP contribution is -2.11. The minimum absolute atomic E-state index is 0.0370. The highest BCUT2D eigenvalue weighted by molar-refractivity contribution is 7.30. The average Bonchev–Trinajstić information content (AvgIpc) is 2.05. The third-order valence-corrected chi connectivity index (χ3v) is 0.803. The second-order valence-corrected chi connectivity index (χ2v) is 2.38. The Balaban J connectivity index is -0.000000173. The highest BCUT2D eigenvalue weighted by Gasteiger charge is 1.94. The molecule has 0 saturated heterocycles. The van der Waals surface area contributed by atoms with Crippen molar-refractivity contribution in [3.8, 4) is 0 Å². The first kappa shape index (κ1) is 19.9. The Morgan fingerprint density at radius 3 is 1.67 bits per heavy atom. The van der Waals surface area contributed by atoms with E-state index >= 15 is 0 Å². The van der Waals surface area contributed by atoms with Crippen molar-refractivity contribution in [2.75, 3.05) is 13.2 Å². The van der Waals surface area contributed by atoms with Crippen LogP contribution in [-0.2, 0) is 18.8 Å². The first-order valence-electron chi connectivity index (χ1n) is 4.18. The van der Waals surface area contributed by atoms with E-state index in [2.05, 4.69) is 6.58 Å². The molecule has 0 aliphatic heterocycles. The third-order valence-electron chi connectivity index (χ3n) is 0.803. The molecule has 6 nitrogen and oxygen atoms in total. The van der Waals surface area contributed by atoms with E-state index in [0.29, 0.717) is 0 Å². The van der Waals surface area contributed by atoms with Gasteiger partial charge in [-0.1, -0.05) is 0 Å². The van der Waals surface area contributed by atoms with E-state index in [1.807, 2.05) is 20.8 Å². The van der Waals surface area contributed by atoms with Crippen LogP contribution in [0.5, 0.6) is 0 Å². The predicted molar refractivity (Wildman–Crippen MR) is 56.1 cm³/mol. The van der Waals surface area contributed by atoms with Crippen LogP contribution in [-0.4, -0.2) is 35.2 Å². The maximum atomic E-state index is 8.70. The van der Waals surface area contributed by atoms with Gasteiger partial charge in [0.25, 0.3) is 0 Å². The average molecular weight is 241 g/mol. The van der Waals surface area contributed by atoms with Crippen LogP contribution < -0.4 is 0 Å². The lowest BCUT2D eigenvalue weighted by molar-refractivity contribution is -0.123. The summed E-state index contributed by atoms with van der Waals surface area (Å²) in [5, 5.41) is 0. The van der Waals surface area contributed by atoms with E-state index in [4.69, 9.17) is 28.6 Å². The standard InChI is InChI=1S/C6H14O2.C2H2O.HO3P/c1-4-7-6(3)8-5-2;1-2-3;1-4(2)3/h6H,4-5H2,1-3H3;1H2;(H-,1,2,3)/p+1. The zero-order valence-electron chi connectivity index (χ0n) is 9.17. The summed E-state index contributed by atoms with van der Waals surface area (Å²) in [5.41, 5.74) is 0. The van der Waals surface area contributed by atoms with Crippen molar-refractivity contribution in [3.05, 3.63) is 6.58 Å². The van der Waals surface area contributed by atoms with Gasteiger partial charge in [0.2, 0.25) is 0 Å². The summed E-state index contributed by atoms with van der Waals surface area (Å²) in [4.78, 5) is 22.8. The number of hydrogen-bond donors (Lipinski definition) is 2. The molecule has 0 atom stereocenters. The Labute approximate surface area is 90.5 Å². The molecule has 0 spiro atoms. The molecule has 2 N–H and O–H groups in total. The fourth-order valence-corrected chi connectivity index (χ4v) is 0.518. The van der Waals surface area contributed by atoms with Crippen molar-refractivity contribution in [2.45, 2.75) is 27.1 Å². The summed E-state index contributed by atoms with van der Waals surface area (Å²) in [6.45, 7) is 9.93. The summed E-state index contributed by atoms with van der Waals surface area (Å²) < 4.78 is 18.8. The molecule has 0 saturated carbocycles. The molecule has 0 radical (unpaired) electrons. The van der Waals surface area contributed by atoms with Gasteiger partial charge in [-0.05, 0) is 27.4 Å². The van der Waals surface area contributed by atoms with Crippen molar-refractivity contribution in [3.63, 3.8) is 0 Å². The molecule has 0 rings (SSSR count). The van der Waals surface area contributed by atoms with E-state index in [-0.39, 0.29) is 6.29 Å². The molecule has 0 amide bonds. The zero-order chi connectivity index (χ0) is 12.7. The molecule has 0 aromatic heterocycles. The fourth-order valence-electron chi connectivity index (χ4n) is 0.518. The molecule has 0 aliphatic rings. The number of rotatable bonds is 4. The summed E-state index contributed by atoms with van der Waals surface area (Å²) in [6.07, 6.45) is -0.0370. The van der Waals surface area contributed by atoms with Crippen LogP contribution in [0.15, 0.2) is 6.58 Å². The molecule has 90 valence electrons. The lowest BCUT2D eigenvalue weighted by atomic mass is 10.7. The van der Waals surface area contributed by atoms with Gasteiger partial charge >= 0.3 is 8.25 Å². The molecular formula is C8H18O6P+. The topological polar surface area (TPSA) is 93.1 Å². The van der Waals surface area contributed by atoms with Gasteiger partial charge < -0.3 is 9.47 Å². The van der Waals surface area contributed by atoms with Crippen LogP contribution in [0, 0.1) is 0 Å². The zero-order valence-corrected chi connectivity index (χ0v) is 10.1. The largest absolute Gasteiger partial charge is 0.692 e. The molecule has 0 aromatic rings. The van der Waals surface area contributed by atoms with E-state index in [1.54, 1.807) is 0 Å². The minimum Gasteiger partial charge on any atom is -0.353 e. The molecule has 0 unspecified atom stereocenters. The molecule has 0 aliphatic carbocycles. The molecule has 15 heavy (non-hydrogen) atoms. The maximum Gasteiger partial charge on any atom is 0.692 e. The van der Waals surface area contributed by atoms with Gasteiger partial charge in [-0.15, -0.1) is 9.79 Å².